The highest BCUT2D eigenvalue weighted by molar-refractivity contribution is 6.15. The number of esters is 1. The van der Waals surface area contributed by atoms with E-state index >= 15 is 0 Å². The second-order valence-corrected chi connectivity index (χ2v) is 12.7. The quantitative estimate of drug-likeness (QED) is 0.180. The van der Waals surface area contributed by atoms with Crippen molar-refractivity contribution in [1.82, 2.24) is 0 Å². The molecular weight excluding hydrogens is 468 g/mol. The second kappa shape index (κ2) is 11.8. The van der Waals surface area contributed by atoms with Crippen LogP contribution in [0.4, 0.5) is 0 Å². The Balaban J connectivity index is 1.71. The fourth-order valence-electron chi connectivity index (χ4n) is 5.05. The van der Waals surface area contributed by atoms with Crippen molar-refractivity contribution < 1.29 is 14.3 Å². The number of ketones is 1. The van der Waals surface area contributed by atoms with Crippen LogP contribution in [0.2, 0.25) is 0 Å². The van der Waals surface area contributed by atoms with Crippen molar-refractivity contribution in [1.29, 1.82) is 0 Å². The Morgan fingerprint density at radius 1 is 1.00 bits per heavy atom. The average molecular weight is 515 g/mol. The van der Waals surface area contributed by atoms with E-state index in [1.807, 2.05) is 12.1 Å². The summed E-state index contributed by atoms with van der Waals surface area (Å²) in [7, 11) is 0. The fourth-order valence-corrected chi connectivity index (χ4v) is 5.05. The molecule has 1 atom stereocenters. The summed E-state index contributed by atoms with van der Waals surface area (Å²) in [5.74, 6) is 0.478. The van der Waals surface area contributed by atoms with Crippen LogP contribution in [0.3, 0.4) is 0 Å². The molecule has 0 radical (unpaired) electrons. The Kier molecular flexibility index (Phi) is 9.23. The molecule has 0 heterocycles. The van der Waals surface area contributed by atoms with Gasteiger partial charge in [0.1, 0.15) is 0 Å². The zero-order valence-electron chi connectivity index (χ0n) is 24.9. The highest BCUT2D eigenvalue weighted by atomic mass is 16.5. The van der Waals surface area contributed by atoms with Gasteiger partial charge in [-0.25, -0.2) is 4.79 Å². The normalized spacial score (nSPS) is 17.3. The SMILES string of the molecule is CC1=CCC(/C=C/C(C)(C)CCOC(=O)c2ccccc2C(=O)c2ccc(C(C)C)cc2C(C)C)C1(C)C. The average Bonchev–Trinajstić information content (AvgIpc) is 3.12. The van der Waals surface area contributed by atoms with Crippen LogP contribution in [0.5, 0.6) is 0 Å². The Labute approximate surface area is 230 Å². The van der Waals surface area contributed by atoms with Gasteiger partial charge in [-0.15, -0.1) is 0 Å². The van der Waals surface area contributed by atoms with Crippen molar-refractivity contribution in [2.24, 2.45) is 16.7 Å². The molecule has 3 nitrogen and oxygen atoms in total. The Hall–Kier alpha value is -2.94. The van der Waals surface area contributed by atoms with Crippen LogP contribution >= 0.6 is 0 Å². The van der Waals surface area contributed by atoms with Crippen LogP contribution in [-0.2, 0) is 4.74 Å². The molecule has 0 amide bonds. The Morgan fingerprint density at radius 3 is 2.24 bits per heavy atom. The first-order chi connectivity index (χ1) is 17.7. The zero-order valence-corrected chi connectivity index (χ0v) is 24.9. The molecule has 3 rings (SSSR count). The number of rotatable bonds is 10. The van der Waals surface area contributed by atoms with E-state index in [4.69, 9.17) is 4.74 Å². The third kappa shape index (κ3) is 6.73. The van der Waals surface area contributed by atoms with Gasteiger partial charge >= 0.3 is 5.97 Å². The first kappa shape index (κ1) is 29.6. The van der Waals surface area contributed by atoms with Gasteiger partial charge in [0.05, 0.1) is 12.2 Å². The summed E-state index contributed by atoms with van der Waals surface area (Å²) in [4.78, 5) is 26.8. The molecule has 38 heavy (non-hydrogen) atoms. The van der Waals surface area contributed by atoms with E-state index < -0.39 is 5.97 Å². The first-order valence-electron chi connectivity index (χ1n) is 14.1. The number of ether oxygens (including phenoxy) is 1. The van der Waals surface area contributed by atoms with Gasteiger partial charge in [0, 0.05) is 11.1 Å². The molecule has 1 unspecified atom stereocenters. The van der Waals surface area contributed by atoms with E-state index in [9.17, 15) is 9.59 Å². The van der Waals surface area contributed by atoms with E-state index in [-0.39, 0.29) is 22.5 Å². The van der Waals surface area contributed by atoms with Crippen molar-refractivity contribution in [3.05, 3.63) is 94.1 Å². The van der Waals surface area contributed by atoms with Gasteiger partial charge in [-0.1, -0.05) is 116 Å². The van der Waals surface area contributed by atoms with Crippen LogP contribution in [0.25, 0.3) is 0 Å². The maximum atomic E-state index is 13.7. The molecule has 0 N–H and O–H groups in total. The Bertz CT molecular complexity index is 1220. The maximum Gasteiger partial charge on any atom is 0.338 e. The van der Waals surface area contributed by atoms with Crippen LogP contribution in [0.15, 0.2) is 66.3 Å². The fraction of sp³-hybridized carbons (Fsp3) is 0.486. The van der Waals surface area contributed by atoms with Gasteiger partial charge in [0.15, 0.2) is 5.78 Å². The van der Waals surface area contributed by atoms with Crippen molar-refractivity contribution in [3.63, 3.8) is 0 Å². The van der Waals surface area contributed by atoms with Crippen LogP contribution in [-0.4, -0.2) is 18.4 Å². The molecular formula is C35H46O3. The van der Waals surface area contributed by atoms with E-state index in [0.29, 0.717) is 41.6 Å². The summed E-state index contributed by atoms with van der Waals surface area (Å²) in [6.07, 6.45) is 8.72. The van der Waals surface area contributed by atoms with Gasteiger partial charge in [-0.2, -0.15) is 0 Å². The minimum atomic E-state index is -0.449. The highest BCUT2D eigenvalue weighted by Gasteiger charge is 2.33. The Morgan fingerprint density at radius 2 is 1.66 bits per heavy atom. The van der Waals surface area contributed by atoms with E-state index in [2.05, 4.69) is 86.6 Å². The van der Waals surface area contributed by atoms with Gasteiger partial charge < -0.3 is 4.74 Å². The van der Waals surface area contributed by atoms with Gasteiger partial charge in [-0.3, -0.25) is 4.79 Å². The molecule has 2 aromatic rings. The number of carbonyl (C=O) groups excluding carboxylic acids is 2. The standard InChI is InChI=1S/C35H46O3/c1-23(2)26-15-17-29(31(22-26)24(3)4)32(36)28-12-10-11-13-30(28)33(37)38-21-20-34(6,7)19-18-27-16-14-25(5)35(27,8)9/h10-15,17-19,22-24,27H,16,20-21H2,1-9H3/b19-18+. The minimum absolute atomic E-state index is 0.105. The van der Waals surface area contributed by atoms with Crippen molar-refractivity contribution in [2.45, 2.75) is 87.0 Å². The molecule has 0 saturated carbocycles. The van der Waals surface area contributed by atoms with Crippen LogP contribution in [0, 0.1) is 16.7 Å². The molecule has 0 spiro atoms. The molecule has 2 aromatic carbocycles. The number of benzene rings is 2. The summed E-state index contributed by atoms with van der Waals surface area (Å²) in [5.41, 5.74) is 5.10. The molecule has 3 heteroatoms. The summed E-state index contributed by atoms with van der Waals surface area (Å²) >= 11 is 0. The molecule has 0 saturated heterocycles. The third-order valence-electron chi connectivity index (χ3n) is 8.38. The minimum Gasteiger partial charge on any atom is -0.462 e. The second-order valence-electron chi connectivity index (χ2n) is 12.7. The highest BCUT2D eigenvalue weighted by Crippen LogP contribution is 2.44. The lowest BCUT2D eigenvalue weighted by atomic mass is 9.76. The van der Waals surface area contributed by atoms with E-state index in [1.165, 1.54) is 11.1 Å². The predicted octanol–water partition coefficient (Wildman–Crippen LogP) is 9.29. The molecule has 0 aliphatic heterocycles. The number of hydrogen-bond donors (Lipinski definition) is 0. The smallest absolute Gasteiger partial charge is 0.338 e. The summed E-state index contributed by atoms with van der Waals surface area (Å²) in [6.45, 7) is 19.9. The largest absolute Gasteiger partial charge is 0.462 e. The van der Waals surface area contributed by atoms with Gasteiger partial charge in [0.25, 0.3) is 0 Å². The molecule has 0 aromatic heterocycles. The number of allylic oxidation sites excluding steroid dienone is 4. The number of hydrogen-bond acceptors (Lipinski definition) is 3. The first-order valence-corrected chi connectivity index (χ1v) is 14.1. The van der Waals surface area contributed by atoms with Crippen molar-refractivity contribution in [3.8, 4) is 0 Å². The molecule has 0 fully saturated rings. The van der Waals surface area contributed by atoms with E-state index in [1.54, 1.807) is 24.3 Å². The van der Waals surface area contributed by atoms with E-state index in [0.717, 1.165) is 12.0 Å². The molecule has 204 valence electrons. The van der Waals surface area contributed by atoms with Gasteiger partial charge in [-0.05, 0) is 65.5 Å². The predicted molar refractivity (Wildman–Crippen MR) is 158 cm³/mol. The van der Waals surface area contributed by atoms with Crippen molar-refractivity contribution in [2.75, 3.05) is 6.61 Å². The summed E-state index contributed by atoms with van der Waals surface area (Å²) in [5, 5.41) is 0. The lowest BCUT2D eigenvalue weighted by Crippen LogP contribution is -2.20. The molecule has 0 bridgehead atoms. The third-order valence-corrected chi connectivity index (χ3v) is 8.38. The number of carbonyl (C=O) groups is 2. The molecule has 1 aliphatic rings. The maximum absolute atomic E-state index is 13.7. The monoisotopic (exact) mass is 514 g/mol. The lowest BCUT2D eigenvalue weighted by Gasteiger charge is -2.29. The van der Waals surface area contributed by atoms with Crippen molar-refractivity contribution >= 4 is 11.8 Å². The lowest BCUT2D eigenvalue weighted by molar-refractivity contribution is 0.0470. The van der Waals surface area contributed by atoms with Crippen LogP contribution < -0.4 is 0 Å². The zero-order chi connectivity index (χ0) is 28.3. The topological polar surface area (TPSA) is 43.4 Å². The summed E-state index contributed by atoms with van der Waals surface area (Å²) < 4.78 is 5.71. The molecule has 1 aliphatic carbocycles. The summed E-state index contributed by atoms with van der Waals surface area (Å²) in [6, 6.07) is 13.1. The van der Waals surface area contributed by atoms with Crippen LogP contribution in [0.1, 0.15) is 124 Å². The van der Waals surface area contributed by atoms with Gasteiger partial charge in [0.2, 0.25) is 0 Å².